The van der Waals surface area contributed by atoms with Gasteiger partial charge in [-0.05, 0) is 36.1 Å². The van der Waals surface area contributed by atoms with E-state index in [1.165, 1.54) is 0 Å². The van der Waals surface area contributed by atoms with E-state index in [1.54, 1.807) is 0 Å². The van der Waals surface area contributed by atoms with E-state index < -0.39 is 148 Å². The van der Waals surface area contributed by atoms with Gasteiger partial charge in [-0.1, -0.05) is 0 Å². The smallest absolute Gasteiger partial charge is 0.237 e. The molecular weight excluding hydrogens is 758 g/mol. The van der Waals surface area contributed by atoms with Crippen molar-refractivity contribution in [3.63, 3.8) is 0 Å². The van der Waals surface area contributed by atoms with Gasteiger partial charge in [0, 0.05) is 5.56 Å². The first-order valence-electron chi connectivity index (χ1n) is 13.7. The Labute approximate surface area is 291 Å². The third-order valence-electron chi connectivity index (χ3n) is 7.85. The van der Waals surface area contributed by atoms with E-state index in [2.05, 4.69) is 9.69 Å². The molecule has 1 aliphatic carbocycles. The molecule has 0 unspecified atom stereocenters. The zero-order chi connectivity index (χ0) is 41.1. The summed E-state index contributed by atoms with van der Waals surface area (Å²) in [5, 5.41) is 38.2. The third kappa shape index (κ3) is 5.71. The fraction of sp³-hybridized carbons (Fsp3) is 0.118. The molecule has 0 spiro atoms. The van der Waals surface area contributed by atoms with Crippen LogP contribution in [-0.4, -0.2) is 0 Å². The summed E-state index contributed by atoms with van der Waals surface area (Å²) < 4.78 is 207. The minimum absolute atomic E-state index is 0.488. The number of halogens is 14. The number of allylic oxidation sites excluding steroid dienone is 5. The molecule has 1 saturated carbocycles. The van der Waals surface area contributed by atoms with Crippen LogP contribution in [0.3, 0.4) is 0 Å². The number of rotatable bonds is 3. The van der Waals surface area contributed by atoms with Gasteiger partial charge in [-0.2, -0.15) is 47.4 Å². The van der Waals surface area contributed by atoms with Gasteiger partial charge in [-0.25, -0.2) is 44.8 Å². The Morgan fingerprint density at radius 2 is 0.926 bits per heavy atom. The highest BCUT2D eigenvalue weighted by atomic mass is 19.4. The number of hydrogen-bond donors (Lipinski definition) is 0. The van der Waals surface area contributed by atoms with Crippen LogP contribution < -0.4 is 0 Å². The molecule has 6 nitrogen and oxygen atoms in total. The van der Waals surface area contributed by atoms with Crippen molar-refractivity contribution < 1.29 is 61.5 Å². The monoisotopic (exact) mass is 764 g/mol. The molecule has 1 aliphatic rings. The summed E-state index contributed by atoms with van der Waals surface area (Å²) >= 11 is 0. The SMILES string of the molecule is [C-]#[N+]C(=C1C(=C(C#N)c2c(F)c(C)c(C#N)c(F)c2F)C1=C(C#N)c1c(F)c(C)c([N+]#[C-])c(C(F)(F)F)c1F)c1c(F)c(F)c(C#N)c(C(F)(F)F)c1F. The third-order valence-corrected chi connectivity index (χ3v) is 7.85. The topological polar surface area (TPSA) is 104 Å². The normalized spacial score (nSPS) is 15.2. The molecule has 1 fully saturated rings. The maximum atomic E-state index is 15.7. The number of benzene rings is 3. The van der Waals surface area contributed by atoms with Crippen LogP contribution in [0.4, 0.5) is 67.2 Å². The van der Waals surface area contributed by atoms with E-state index in [0.29, 0.717) is 19.9 Å². The van der Waals surface area contributed by atoms with Gasteiger partial charge in [0.2, 0.25) is 11.4 Å². The molecule has 0 aliphatic heterocycles. The van der Waals surface area contributed by atoms with E-state index in [1.807, 2.05) is 0 Å². The largest absolute Gasteiger partial charge is 0.420 e. The summed E-state index contributed by atoms with van der Waals surface area (Å²) in [6, 6.07) is 3.67. The maximum Gasteiger partial charge on any atom is 0.420 e. The molecule has 3 aromatic rings. The lowest BCUT2D eigenvalue weighted by atomic mass is 9.94. The number of alkyl halides is 6. The lowest BCUT2D eigenvalue weighted by Gasteiger charge is -2.16. The molecular formula is C34H6F14N6. The predicted molar refractivity (Wildman–Crippen MR) is 153 cm³/mol. The van der Waals surface area contributed by atoms with Crippen LogP contribution in [0.25, 0.3) is 26.5 Å². The summed E-state index contributed by atoms with van der Waals surface area (Å²) in [4.78, 5) is 5.00. The highest BCUT2D eigenvalue weighted by Gasteiger charge is 2.49. The van der Waals surface area contributed by atoms with Gasteiger partial charge in [0.25, 0.3) is 0 Å². The molecule has 4 rings (SSSR count). The Morgan fingerprint density at radius 1 is 0.519 bits per heavy atom. The Morgan fingerprint density at radius 3 is 1.33 bits per heavy atom. The van der Waals surface area contributed by atoms with Gasteiger partial charge in [0.1, 0.15) is 58.7 Å². The number of nitriles is 4. The van der Waals surface area contributed by atoms with Crippen molar-refractivity contribution in [1.82, 2.24) is 0 Å². The first kappa shape index (κ1) is 39.6. The quantitative estimate of drug-likeness (QED) is 0.115. The van der Waals surface area contributed by atoms with Crippen LogP contribution in [0.2, 0.25) is 0 Å². The second kappa shape index (κ2) is 13.4. The van der Waals surface area contributed by atoms with Crippen LogP contribution >= 0.6 is 0 Å². The molecule has 20 heteroatoms. The molecule has 0 N–H and O–H groups in total. The van der Waals surface area contributed by atoms with E-state index in [-0.39, 0.29) is 0 Å². The molecule has 0 saturated heterocycles. The second-order valence-corrected chi connectivity index (χ2v) is 10.6. The zero-order valence-electron chi connectivity index (χ0n) is 26.0. The lowest BCUT2D eigenvalue weighted by molar-refractivity contribution is -0.141. The van der Waals surface area contributed by atoms with E-state index >= 15 is 26.3 Å². The van der Waals surface area contributed by atoms with Crippen molar-refractivity contribution in [3.05, 3.63) is 136 Å². The Balaban J connectivity index is 2.45. The molecule has 0 bridgehead atoms. The zero-order valence-corrected chi connectivity index (χ0v) is 26.0. The molecule has 3 aromatic carbocycles. The van der Waals surface area contributed by atoms with Crippen LogP contribution in [0.5, 0.6) is 0 Å². The lowest BCUT2D eigenvalue weighted by Crippen LogP contribution is -2.16. The Bertz CT molecular complexity index is 2480. The summed E-state index contributed by atoms with van der Waals surface area (Å²) in [5.41, 5.74) is -29.1. The molecule has 0 radical (unpaired) electrons. The van der Waals surface area contributed by atoms with Crippen LogP contribution in [0.15, 0.2) is 16.7 Å². The van der Waals surface area contributed by atoms with Gasteiger partial charge < -0.3 is 0 Å². The molecule has 54 heavy (non-hydrogen) atoms. The summed E-state index contributed by atoms with van der Waals surface area (Å²) in [6.07, 6.45) is -11.9. The number of hydrogen-bond acceptors (Lipinski definition) is 4. The van der Waals surface area contributed by atoms with Crippen molar-refractivity contribution in [2.24, 2.45) is 0 Å². The van der Waals surface area contributed by atoms with Gasteiger partial charge >= 0.3 is 12.4 Å². The summed E-state index contributed by atoms with van der Waals surface area (Å²) in [7, 11) is 0. The second-order valence-electron chi connectivity index (χ2n) is 10.6. The van der Waals surface area contributed by atoms with Gasteiger partial charge in [-0.15, -0.1) is 0 Å². The van der Waals surface area contributed by atoms with Gasteiger partial charge in [-0.3, -0.25) is 0 Å². The van der Waals surface area contributed by atoms with Gasteiger partial charge in [0.15, 0.2) is 23.3 Å². The fourth-order valence-corrected chi connectivity index (χ4v) is 5.43. The summed E-state index contributed by atoms with van der Waals surface area (Å²) in [6.45, 7) is 15.6. The van der Waals surface area contributed by atoms with E-state index in [9.17, 15) is 45.6 Å². The average Bonchev–Trinajstić information content (AvgIpc) is 3.81. The van der Waals surface area contributed by atoms with E-state index in [4.69, 9.17) is 23.7 Å². The Kier molecular flexibility index (Phi) is 9.85. The molecule has 270 valence electrons. The van der Waals surface area contributed by atoms with Crippen LogP contribution in [0, 0.1) is 119 Å². The first-order chi connectivity index (χ1) is 25.0. The van der Waals surface area contributed by atoms with Crippen molar-refractivity contribution >= 4 is 22.5 Å². The van der Waals surface area contributed by atoms with Crippen LogP contribution in [0.1, 0.15) is 50.1 Å². The standard InChI is InChI=1S/C34H6F14N6/c1-9-11(5-49)25(37)29(41)18(23(9)35)13(7-51)16-15(12(6-50)17-24(36)10(2)31(53-3)22(27(17)39)34(46,47)48)19(16)32(54-4)20-28(40)21(33(43,44)45)14(8-52)26(38)30(20)42/h1-2H3. The average molecular weight is 764 g/mol. The molecule has 0 heterocycles. The van der Waals surface area contributed by atoms with Crippen molar-refractivity contribution in [3.8, 4) is 24.3 Å². The predicted octanol–water partition coefficient (Wildman–Crippen LogP) is 10.3. The summed E-state index contributed by atoms with van der Waals surface area (Å²) in [5.74, 6) is -19.8. The van der Waals surface area contributed by atoms with Crippen LogP contribution in [-0.2, 0) is 12.4 Å². The molecule has 0 amide bonds. The van der Waals surface area contributed by atoms with Crippen molar-refractivity contribution in [2.75, 3.05) is 0 Å². The highest BCUT2D eigenvalue weighted by molar-refractivity contribution is 6.11. The van der Waals surface area contributed by atoms with E-state index in [0.717, 1.165) is 18.2 Å². The Hall–Kier alpha value is -7.16. The minimum Gasteiger partial charge on any atom is -0.237 e. The molecule has 0 atom stereocenters. The fourth-order valence-electron chi connectivity index (χ4n) is 5.43. The maximum absolute atomic E-state index is 15.7. The van der Waals surface area contributed by atoms with Crippen molar-refractivity contribution in [2.45, 2.75) is 26.2 Å². The van der Waals surface area contributed by atoms with Gasteiger partial charge in [0.05, 0.1) is 52.1 Å². The highest BCUT2D eigenvalue weighted by Crippen LogP contribution is 2.59. The molecule has 0 aromatic heterocycles. The number of nitrogens with zero attached hydrogens (tertiary/aromatic N) is 6. The minimum atomic E-state index is -6.04. The first-order valence-corrected chi connectivity index (χ1v) is 13.7. The van der Waals surface area contributed by atoms with Crippen molar-refractivity contribution in [1.29, 1.82) is 21.0 Å².